The number of hydrazone groups is 1. The Bertz CT molecular complexity index is 1660. The highest BCUT2D eigenvalue weighted by Gasteiger charge is 2.15. The van der Waals surface area contributed by atoms with Crippen molar-refractivity contribution < 1.29 is 18.7 Å². The van der Waals surface area contributed by atoms with E-state index in [4.69, 9.17) is 13.9 Å². The minimum Gasteiger partial charge on any atom is -0.493 e. The lowest BCUT2D eigenvalue weighted by atomic mass is 10.1. The summed E-state index contributed by atoms with van der Waals surface area (Å²) in [7, 11) is 1.57. The fourth-order valence-corrected chi connectivity index (χ4v) is 5.76. The topological polar surface area (TPSA) is 73.1 Å². The van der Waals surface area contributed by atoms with Gasteiger partial charge < -0.3 is 13.9 Å². The van der Waals surface area contributed by atoms with Gasteiger partial charge in [0.1, 0.15) is 12.2 Å². The summed E-state index contributed by atoms with van der Waals surface area (Å²) >= 11 is 10.4. The molecule has 0 radical (unpaired) electrons. The lowest BCUT2D eigenvalue weighted by Gasteiger charge is -2.14. The van der Waals surface area contributed by atoms with Crippen LogP contribution >= 0.6 is 47.8 Å². The van der Waals surface area contributed by atoms with E-state index in [1.807, 2.05) is 36.4 Å². The molecule has 0 saturated heterocycles. The van der Waals surface area contributed by atoms with Crippen molar-refractivity contribution >= 4 is 81.7 Å². The Labute approximate surface area is 238 Å². The second-order valence-corrected chi connectivity index (χ2v) is 10.7. The molecule has 1 N–H and O–H groups in total. The van der Waals surface area contributed by atoms with Gasteiger partial charge in [-0.2, -0.15) is 5.10 Å². The first-order valence-corrected chi connectivity index (χ1v) is 13.5. The van der Waals surface area contributed by atoms with Crippen molar-refractivity contribution in [2.75, 3.05) is 7.11 Å². The Morgan fingerprint density at radius 2 is 1.76 bits per heavy atom. The maximum atomic E-state index is 12.5. The molecule has 0 aliphatic rings. The van der Waals surface area contributed by atoms with Crippen LogP contribution < -0.4 is 14.9 Å². The number of fused-ring (bicyclic) bond motifs is 2. The normalized spacial score (nSPS) is 11.4. The molecule has 6 nitrogen and oxygen atoms in total. The van der Waals surface area contributed by atoms with Crippen LogP contribution in [-0.2, 0) is 6.61 Å². The molecule has 4 aromatic carbocycles. The van der Waals surface area contributed by atoms with E-state index in [9.17, 15) is 4.79 Å². The zero-order valence-electron chi connectivity index (χ0n) is 19.4. The van der Waals surface area contributed by atoms with Gasteiger partial charge in [0.25, 0.3) is 0 Å². The number of furan rings is 1. The number of nitrogens with one attached hydrogen (secondary N) is 1. The van der Waals surface area contributed by atoms with Gasteiger partial charge in [0, 0.05) is 9.86 Å². The van der Waals surface area contributed by atoms with E-state index in [-0.39, 0.29) is 5.76 Å². The number of hydrogen-bond acceptors (Lipinski definition) is 5. The lowest BCUT2D eigenvalue weighted by molar-refractivity contribution is 0.0929. The highest BCUT2D eigenvalue weighted by atomic mass is 79.9. The molecule has 0 unspecified atom stereocenters. The average Bonchev–Trinajstić information content (AvgIpc) is 3.32. The van der Waals surface area contributed by atoms with Gasteiger partial charge in [-0.25, -0.2) is 5.43 Å². The number of benzene rings is 4. The highest BCUT2D eigenvalue weighted by molar-refractivity contribution is 9.11. The summed E-state index contributed by atoms with van der Waals surface area (Å²) < 4.78 is 19.6. The molecule has 5 rings (SSSR count). The molecule has 0 spiro atoms. The van der Waals surface area contributed by atoms with Crippen LogP contribution in [0.25, 0.3) is 21.7 Å². The van der Waals surface area contributed by atoms with Crippen LogP contribution in [0.4, 0.5) is 0 Å². The number of carbonyl (C=O) groups excluding carboxylic acids is 1. The van der Waals surface area contributed by atoms with Gasteiger partial charge in [0.2, 0.25) is 0 Å². The number of nitrogens with zero attached hydrogens (tertiary/aromatic N) is 1. The van der Waals surface area contributed by atoms with Gasteiger partial charge in [-0.3, -0.25) is 4.79 Å². The molecular weight excluding hydrogens is 668 g/mol. The number of carbonyl (C=O) groups is 1. The Morgan fingerprint density at radius 1 is 0.946 bits per heavy atom. The molecule has 5 aromatic rings. The third-order valence-electron chi connectivity index (χ3n) is 5.59. The summed E-state index contributed by atoms with van der Waals surface area (Å²) in [5.41, 5.74) is 4.84. The summed E-state index contributed by atoms with van der Waals surface area (Å²) in [4.78, 5) is 12.5. The van der Waals surface area contributed by atoms with E-state index in [1.165, 1.54) is 11.6 Å². The molecule has 1 aromatic heterocycles. The van der Waals surface area contributed by atoms with Gasteiger partial charge in [-0.1, -0.05) is 52.3 Å². The van der Waals surface area contributed by atoms with Crippen molar-refractivity contribution in [1.29, 1.82) is 0 Å². The molecule has 37 heavy (non-hydrogen) atoms. The third-order valence-corrected chi connectivity index (χ3v) is 7.22. The second-order valence-electron chi connectivity index (χ2n) is 8.12. The van der Waals surface area contributed by atoms with E-state index < -0.39 is 5.91 Å². The Morgan fingerprint density at radius 3 is 2.57 bits per heavy atom. The van der Waals surface area contributed by atoms with E-state index in [1.54, 1.807) is 19.2 Å². The molecule has 0 atom stereocenters. The summed E-state index contributed by atoms with van der Waals surface area (Å²) in [6, 6.07) is 23.4. The van der Waals surface area contributed by atoms with Crippen LogP contribution in [0.1, 0.15) is 21.7 Å². The Hall–Kier alpha value is -3.14. The molecule has 0 fully saturated rings. The summed E-state index contributed by atoms with van der Waals surface area (Å²) in [6.07, 6.45) is 1.52. The predicted molar refractivity (Wildman–Crippen MR) is 156 cm³/mol. The van der Waals surface area contributed by atoms with Crippen LogP contribution in [-0.4, -0.2) is 19.2 Å². The first-order chi connectivity index (χ1) is 17.9. The van der Waals surface area contributed by atoms with Gasteiger partial charge in [0.05, 0.1) is 22.3 Å². The lowest BCUT2D eigenvalue weighted by Crippen LogP contribution is -2.16. The van der Waals surface area contributed by atoms with E-state index >= 15 is 0 Å². The highest BCUT2D eigenvalue weighted by Crippen LogP contribution is 2.37. The first kappa shape index (κ1) is 25.5. The molecule has 1 heterocycles. The van der Waals surface area contributed by atoms with E-state index in [2.05, 4.69) is 82.6 Å². The number of methoxy groups -OCH3 is 1. The monoisotopic (exact) mass is 684 g/mol. The van der Waals surface area contributed by atoms with Crippen molar-refractivity contribution in [1.82, 2.24) is 5.43 Å². The van der Waals surface area contributed by atoms with Crippen LogP contribution in [0, 0.1) is 0 Å². The number of ether oxygens (including phenoxy) is 2. The van der Waals surface area contributed by atoms with Gasteiger partial charge in [0.15, 0.2) is 17.3 Å². The Balaban J connectivity index is 1.28. The molecule has 0 aliphatic carbocycles. The summed E-state index contributed by atoms with van der Waals surface area (Å²) in [6.45, 7) is 0.382. The molecule has 0 aliphatic heterocycles. The smallest absolute Gasteiger partial charge is 0.307 e. The quantitative estimate of drug-likeness (QED) is 0.138. The van der Waals surface area contributed by atoms with Crippen molar-refractivity contribution in [3.05, 3.63) is 103 Å². The van der Waals surface area contributed by atoms with Gasteiger partial charge in [-0.15, -0.1) is 0 Å². The molecule has 0 bridgehead atoms. The van der Waals surface area contributed by atoms with Crippen LogP contribution in [0.2, 0.25) is 0 Å². The zero-order chi connectivity index (χ0) is 25.9. The van der Waals surface area contributed by atoms with Crippen LogP contribution in [0.5, 0.6) is 11.5 Å². The third kappa shape index (κ3) is 5.74. The van der Waals surface area contributed by atoms with Gasteiger partial charge in [-0.05, 0) is 90.2 Å². The minimum absolute atomic E-state index is 0.155. The van der Waals surface area contributed by atoms with Crippen molar-refractivity contribution in [3.63, 3.8) is 0 Å². The zero-order valence-corrected chi connectivity index (χ0v) is 24.2. The van der Waals surface area contributed by atoms with Crippen LogP contribution in [0.3, 0.4) is 0 Å². The number of hydrogen-bond donors (Lipinski definition) is 1. The van der Waals surface area contributed by atoms with Crippen molar-refractivity contribution in [2.45, 2.75) is 6.61 Å². The van der Waals surface area contributed by atoms with E-state index in [0.717, 1.165) is 25.3 Å². The number of rotatable bonds is 7. The SMILES string of the molecule is COc1cc(/C=N\NC(=O)c2cc3cc(Br)cc(Br)c3o2)cc(Br)c1OCc1ccc2ccccc2c1. The molecule has 9 heteroatoms. The summed E-state index contributed by atoms with van der Waals surface area (Å²) in [5, 5.41) is 7.21. The largest absolute Gasteiger partial charge is 0.493 e. The second kappa shape index (κ2) is 11.1. The number of amides is 1. The fourth-order valence-electron chi connectivity index (χ4n) is 3.85. The molecule has 0 saturated carbocycles. The van der Waals surface area contributed by atoms with Crippen LogP contribution in [0.15, 0.2) is 95.7 Å². The standard InChI is InChI=1S/C28H19Br3N2O4/c1-35-24-10-17(14-32-33-28(34)25-12-20-11-21(29)13-23(31)26(20)37-25)9-22(30)27(24)36-15-16-6-7-18-4-2-3-5-19(18)8-16/h2-14H,15H2,1H3,(H,33,34)/b32-14-. The molecule has 186 valence electrons. The molecule has 1 amide bonds. The predicted octanol–water partition coefficient (Wildman–Crippen LogP) is 8.23. The van der Waals surface area contributed by atoms with Crippen molar-refractivity contribution in [3.8, 4) is 11.5 Å². The van der Waals surface area contributed by atoms with Crippen molar-refractivity contribution in [2.24, 2.45) is 5.10 Å². The minimum atomic E-state index is -0.461. The maximum absolute atomic E-state index is 12.5. The first-order valence-electron chi connectivity index (χ1n) is 11.1. The van der Waals surface area contributed by atoms with Gasteiger partial charge >= 0.3 is 5.91 Å². The number of halogens is 3. The maximum Gasteiger partial charge on any atom is 0.307 e. The van der Waals surface area contributed by atoms with E-state index in [0.29, 0.717) is 33.7 Å². The summed E-state index contributed by atoms with van der Waals surface area (Å²) in [5.74, 6) is 0.811. The molecular formula is C28H19Br3N2O4. The Kier molecular flexibility index (Phi) is 7.64. The fraction of sp³-hybridized carbons (Fsp3) is 0.0714. The average molecular weight is 687 g/mol.